The summed E-state index contributed by atoms with van der Waals surface area (Å²) >= 11 is 0. The van der Waals surface area contributed by atoms with Gasteiger partial charge in [0.2, 0.25) is 0 Å². The van der Waals surface area contributed by atoms with Gasteiger partial charge in [-0.15, -0.1) is 0 Å². The minimum atomic E-state index is -0.988. The van der Waals surface area contributed by atoms with Crippen LogP contribution in [0.5, 0.6) is 5.75 Å². The molecule has 0 aromatic heterocycles. The first-order valence-corrected chi connectivity index (χ1v) is 5.13. The molecule has 0 aliphatic heterocycles. The number of ether oxygens (including phenoxy) is 1. The minimum Gasteiger partial charge on any atom is -0.489 e. The van der Waals surface area contributed by atoms with Crippen LogP contribution in [0.4, 0.5) is 0 Å². The summed E-state index contributed by atoms with van der Waals surface area (Å²) in [5.74, 6) is -0.385. The van der Waals surface area contributed by atoms with E-state index in [1.807, 2.05) is 0 Å². The van der Waals surface area contributed by atoms with E-state index in [1.165, 1.54) is 6.92 Å². The Hall–Kier alpha value is -2.10. The molecule has 0 unspecified atom stereocenters. The van der Waals surface area contributed by atoms with Crippen LogP contribution in [-0.2, 0) is 4.79 Å². The molecule has 1 rings (SSSR count). The maximum atomic E-state index is 11.0. The number of hydrogen-bond donors (Lipinski definition) is 1. The van der Waals surface area contributed by atoms with E-state index in [9.17, 15) is 9.59 Å². The van der Waals surface area contributed by atoms with Gasteiger partial charge in [-0.3, -0.25) is 4.79 Å². The predicted octanol–water partition coefficient (Wildman–Crippen LogP) is 2.30. The van der Waals surface area contributed by atoms with Crippen molar-refractivity contribution in [1.29, 1.82) is 0 Å². The Morgan fingerprint density at radius 1 is 1.24 bits per heavy atom. The molecule has 0 aliphatic rings. The van der Waals surface area contributed by atoms with Crippen LogP contribution >= 0.6 is 0 Å². The molecular weight excluding hydrogens is 220 g/mol. The molecule has 4 heteroatoms. The zero-order valence-corrected chi connectivity index (χ0v) is 9.77. The van der Waals surface area contributed by atoms with E-state index >= 15 is 0 Å². The van der Waals surface area contributed by atoms with Crippen LogP contribution in [0.3, 0.4) is 0 Å². The molecule has 0 saturated carbocycles. The molecule has 90 valence electrons. The average Bonchev–Trinajstić information content (AvgIpc) is 2.26. The van der Waals surface area contributed by atoms with Crippen LogP contribution < -0.4 is 4.74 Å². The number of carboxylic acids is 1. The number of carbonyl (C=O) groups is 2. The maximum Gasteiger partial charge on any atom is 0.328 e. The van der Waals surface area contributed by atoms with Crippen LogP contribution in [0.25, 0.3) is 0 Å². The van der Waals surface area contributed by atoms with Gasteiger partial charge in [-0.05, 0) is 43.7 Å². The van der Waals surface area contributed by atoms with Crippen molar-refractivity contribution in [1.82, 2.24) is 0 Å². The van der Waals surface area contributed by atoms with Crippen LogP contribution in [0, 0.1) is 0 Å². The molecule has 0 amide bonds. The van der Waals surface area contributed by atoms with Crippen molar-refractivity contribution >= 4 is 11.8 Å². The van der Waals surface area contributed by atoms with Gasteiger partial charge in [-0.2, -0.15) is 0 Å². The van der Waals surface area contributed by atoms with E-state index in [0.717, 1.165) is 6.08 Å². The topological polar surface area (TPSA) is 63.6 Å². The summed E-state index contributed by atoms with van der Waals surface area (Å²) in [5, 5.41) is 8.51. The van der Waals surface area contributed by atoms with Gasteiger partial charge in [-0.1, -0.05) is 0 Å². The maximum absolute atomic E-state index is 11.0. The molecule has 0 spiro atoms. The number of carboxylic acid groups (broad SMARTS) is 1. The minimum absolute atomic E-state index is 0.00139. The molecular formula is C13H14O4. The summed E-state index contributed by atoms with van der Waals surface area (Å²) in [6.45, 7) is 3.39. The van der Waals surface area contributed by atoms with E-state index in [4.69, 9.17) is 9.84 Å². The van der Waals surface area contributed by atoms with Gasteiger partial charge in [0.25, 0.3) is 0 Å². The number of carbonyl (C=O) groups excluding carboxylic acids is 1. The number of aliphatic carboxylic acids is 1. The van der Waals surface area contributed by atoms with Crippen molar-refractivity contribution < 1.29 is 19.4 Å². The quantitative estimate of drug-likeness (QED) is 0.627. The van der Waals surface area contributed by atoms with Crippen LogP contribution in [-0.4, -0.2) is 23.5 Å². The van der Waals surface area contributed by atoms with Crippen LogP contribution in [0.15, 0.2) is 35.9 Å². The number of rotatable bonds is 5. The fourth-order valence-corrected chi connectivity index (χ4v) is 1.24. The standard InChI is InChI=1S/C13H14O4/c1-9(7-13(15)16)8-17-12-5-3-11(4-6-12)10(2)14/h3-7H,8H2,1-2H3,(H,15,16). The lowest BCUT2D eigenvalue weighted by atomic mass is 10.1. The lowest BCUT2D eigenvalue weighted by Gasteiger charge is -2.06. The van der Waals surface area contributed by atoms with Crippen molar-refractivity contribution in [2.24, 2.45) is 0 Å². The molecule has 1 aromatic rings. The second-order valence-electron chi connectivity index (χ2n) is 3.70. The molecule has 0 radical (unpaired) electrons. The zero-order chi connectivity index (χ0) is 12.8. The molecule has 0 aliphatic carbocycles. The first kappa shape index (κ1) is 13.0. The Labute approximate surface area is 99.5 Å². The normalized spacial score (nSPS) is 11.1. The van der Waals surface area contributed by atoms with E-state index < -0.39 is 5.97 Å². The fraction of sp³-hybridized carbons (Fsp3) is 0.231. The third-order valence-electron chi connectivity index (χ3n) is 2.10. The average molecular weight is 234 g/mol. The first-order valence-electron chi connectivity index (χ1n) is 5.13. The lowest BCUT2D eigenvalue weighted by Crippen LogP contribution is -2.01. The van der Waals surface area contributed by atoms with Crippen LogP contribution in [0.2, 0.25) is 0 Å². The van der Waals surface area contributed by atoms with Crippen molar-refractivity contribution in [2.45, 2.75) is 13.8 Å². The first-order chi connectivity index (χ1) is 7.99. The van der Waals surface area contributed by atoms with Crippen LogP contribution in [0.1, 0.15) is 24.2 Å². The molecule has 1 aromatic carbocycles. The van der Waals surface area contributed by atoms with Gasteiger partial charge >= 0.3 is 5.97 Å². The summed E-state index contributed by atoms with van der Waals surface area (Å²) in [7, 11) is 0. The van der Waals surface area contributed by atoms with Gasteiger partial charge in [0.05, 0.1) is 0 Å². The van der Waals surface area contributed by atoms with E-state index in [1.54, 1.807) is 31.2 Å². The monoisotopic (exact) mass is 234 g/mol. The molecule has 17 heavy (non-hydrogen) atoms. The van der Waals surface area contributed by atoms with Crippen molar-refractivity contribution in [3.8, 4) is 5.75 Å². The summed E-state index contributed by atoms with van der Waals surface area (Å²) < 4.78 is 5.36. The largest absolute Gasteiger partial charge is 0.489 e. The lowest BCUT2D eigenvalue weighted by molar-refractivity contribution is -0.131. The molecule has 0 atom stereocenters. The highest BCUT2D eigenvalue weighted by Gasteiger charge is 2.00. The Morgan fingerprint density at radius 3 is 2.29 bits per heavy atom. The van der Waals surface area contributed by atoms with Gasteiger partial charge < -0.3 is 9.84 Å². The second-order valence-corrected chi connectivity index (χ2v) is 3.70. The Kier molecular flexibility index (Phi) is 4.46. The van der Waals surface area contributed by atoms with Crippen molar-refractivity contribution in [3.63, 3.8) is 0 Å². The summed E-state index contributed by atoms with van der Waals surface area (Å²) in [4.78, 5) is 21.4. The van der Waals surface area contributed by atoms with Gasteiger partial charge in [0.15, 0.2) is 5.78 Å². The fourth-order valence-electron chi connectivity index (χ4n) is 1.24. The summed E-state index contributed by atoms with van der Waals surface area (Å²) in [6.07, 6.45) is 1.10. The van der Waals surface area contributed by atoms with Crippen molar-refractivity contribution in [3.05, 3.63) is 41.5 Å². The third-order valence-corrected chi connectivity index (χ3v) is 2.10. The van der Waals surface area contributed by atoms with Gasteiger partial charge in [0, 0.05) is 11.6 Å². The molecule has 0 bridgehead atoms. The van der Waals surface area contributed by atoms with E-state index in [-0.39, 0.29) is 12.4 Å². The number of hydrogen-bond acceptors (Lipinski definition) is 3. The highest BCUT2D eigenvalue weighted by atomic mass is 16.5. The Bertz CT molecular complexity index is 443. The summed E-state index contributed by atoms with van der Waals surface area (Å²) in [5.41, 5.74) is 1.24. The zero-order valence-electron chi connectivity index (χ0n) is 9.77. The molecule has 0 saturated heterocycles. The molecule has 0 fully saturated rings. The van der Waals surface area contributed by atoms with E-state index in [0.29, 0.717) is 16.9 Å². The Balaban J connectivity index is 2.58. The highest BCUT2D eigenvalue weighted by molar-refractivity contribution is 5.94. The van der Waals surface area contributed by atoms with Crippen molar-refractivity contribution in [2.75, 3.05) is 6.61 Å². The summed E-state index contributed by atoms with van der Waals surface area (Å²) in [6, 6.07) is 6.72. The number of ketones is 1. The van der Waals surface area contributed by atoms with E-state index in [2.05, 4.69) is 0 Å². The number of Topliss-reactive ketones (excluding diaryl/α,β-unsaturated/α-hetero) is 1. The Morgan fingerprint density at radius 2 is 1.82 bits per heavy atom. The van der Waals surface area contributed by atoms with Gasteiger partial charge in [0.1, 0.15) is 12.4 Å². The highest BCUT2D eigenvalue weighted by Crippen LogP contribution is 2.13. The third kappa shape index (κ3) is 4.51. The molecule has 0 heterocycles. The predicted molar refractivity (Wildman–Crippen MR) is 63.3 cm³/mol. The SMILES string of the molecule is CC(=O)c1ccc(OCC(C)=CC(=O)O)cc1. The molecule has 1 N–H and O–H groups in total. The smallest absolute Gasteiger partial charge is 0.328 e. The molecule has 4 nitrogen and oxygen atoms in total. The van der Waals surface area contributed by atoms with Gasteiger partial charge in [-0.25, -0.2) is 4.79 Å². The second kappa shape index (κ2) is 5.84. The number of benzene rings is 1.